The maximum atomic E-state index is 5.39. The maximum Gasteiger partial charge on any atom is 0.231 e. The van der Waals surface area contributed by atoms with Crippen molar-refractivity contribution >= 4 is 39.6 Å². The van der Waals surface area contributed by atoms with Gasteiger partial charge in [0.15, 0.2) is 16.6 Å². The number of benzene rings is 2. The number of anilines is 2. The quantitative estimate of drug-likeness (QED) is 0.700. The summed E-state index contributed by atoms with van der Waals surface area (Å²) in [5.41, 5.74) is 2.58. The van der Waals surface area contributed by atoms with E-state index in [0.717, 1.165) is 28.0 Å². The van der Waals surface area contributed by atoms with Crippen LogP contribution in [0, 0.1) is 0 Å². The summed E-state index contributed by atoms with van der Waals surface area (Å²) in [5, 5.41) is 7.88. The largest absolute Gasteiger partial charge is 0.454 e. The monoisotopic (exact) mass is 323 g/mol. The van der Waals surface area contributed by atoms with Gasteiger partial charge in [-0.25, -0.2) is 0 Å². The van der Waals surface area contributed by atoms with Crippen molar-refractivity contribution in [1.82, 2.24) is 4.98 Å². The Hall–Kier alpha value is -2.86. The SMILES string of the molecule is S=C(Nc1ccc2c(c1)OCO2)Nc1cccc2cccnc12. The fourth-order valence-electron chi connectivity index (χ4n) is 2.46. The third-order valence-corrected chi connectivity index (χ3v) is 3.72. The van der Waals surface area contributed by atoms with Crippen LogP contribution in [0.25, 0.3) is 10.9 Å². The summed E-state index contributed by atoms with van der Waals surface area (Å²) in [6, 6.07) is 15.5. The molecule has 114 valence electrons. The summed E-state index contributed by atoms with van der Waals surface area (Å²) in [6.07, 6.45) is 1.77. The first-order chi connectivity index (χ1) is 11.3. The predicted octanol–water partition coefficient (Wildman–Crippen LogP) is 3.77. The van der Waals surface area contributed by atoms with E-state index in [2.05, 4.69) is 15.6 Å². The molecular formula is C17H13N3O2S. The highest BCUT2D eigenvalue weighted by Gasteiger charge is 2.13. The van der Waals surface area contributed by atoms with Crippen LogP contribution in [0.1, 0.15) is 0 Å². The normalized spacial score (nSPS) is 12.2. The number of rotatable bonds is 2. The standard InChI is InChI=1S/C17H13N3O2S/c23-17(19-12-6-7-14-15(9-12)22-10-21-14)20-13-5-1-3-11-4-2-8-18-16(11)13/h1-9H,10H2,(H2,19,20,23). The molecule has 6 heteroatoms. The molecule has 0 spiro atoms. The minimum atomic E-state index is 0.253. The number of hydrogen-bond acceptors (Lipinski definition) is 4. The Balaban J connectivity index is 1.53. The van der Waals surface area contributed by atoms with E-state index in [1.807, 2.05) is 48.5 Å². The number of fused-ring (bicyclic) bond motifs is 2. The average molecular weight is 323 g/mol. The van der Waals surface area contributed by atoms with Crippen LogP contribution in [-0.4, -0.2) is 16.9 Å². The van der Waals surface area contributed by atoms with Crippen LogP contribution in [-0.2, 0) is 0 Å². The number of thiocarbonyl (C=S) groups is 1. The van der Waals surface area contributed by atoms with Gasteiger partial charge in [0.25, 0.3) is 0 Å². The fourth-order valence-corrected chi connectivity index (χ4v) is 2.69. The van der Waals surface area contributed by atoms with Gasteiger partial charge in [-0.3, -0.25) is 4.98 Å². The van der Waals surface area contributed by atoms with Crippen LogP contribution in [0.3, 0.4) is 0 Å². The van der Waals surface area contributed by atoms with Gasteiger partial charge < -0.3 is 20.1 Å². The molecule has 0 aliphatic carbocycles. The second-order valence-electron chi connectivity index (χ2n) is 5.03. The van der Waals surface area contributed by atoms with E-state index in [-0.39, 0.29) is 6.79 Å². The second-order valence-corrected chi connectivity index (χ2v) is 5.44. The lowest BCUT2D eigenvalue weighted by Crippen LogP contribution is -2.19. The Morgan fingerprint density at radius 1 is 1.00 bits per heavy atom. The van der Waals surface area contributed by atoms with Gasteiger partial charge in [-0.15, -0.1) is 0 Å². The zero-order valence-corrected chi connectivity index (χ0v) is 12.9. The van der Waals surface area contributed by atoms with Crippen molar-refractivity contribution in [2.24, 2.45) is 0 Å². The molecule has 2 aromatic carbocycles. The molecule has 1 aliphatic heterocycles. The van der Waals surface area contributed by atoms with Crippen LogP contribution in [0.5, 0.6) is 11.5 Å². The van der Waals surface area contributed by atoms with Crippen molar-refractivity contribution in [2.45, 2.75) is 0 Å². The number of hydrogen-bond donors (Lipinski definition) is 2. The van der Waals surface area contributed by atoms with Crippen LogP contribution in [0.4, 0.5) is 11.4 Å². The number of aromatic nitrogens is 1. The fraction of sp³-hybridized carbons (Fsp3) is 0.0588. The molecule has 0 unspecified atom stereocenters. The number of pyridine rings is 1. The molecule has 2 N–H and O–H groups in total. The molecule has 1 aliphatic rings. The molecule has 0 atom stereocenters. The van der Waals surface area contributed by atoms with Crippen molar-refractivity contribution in [3.05, 3.63) is 54.7 Å². The average Bonchev–Trinajstić information content (AvgIpc) is 3.03. The van der Waals surface area contributed by atoms with Gasteiger partial charge in [0, 0.05) is 23.3 Å². The van der Waals surface area contributed by atoms with Gasteiger partial charge in [0.05, 0.1) is 11.2 Å². The number of nitrogens with zero attached hydrogens (tertiary/aromatic N) is 1. The topological polar surface area (TPSA) is 55.4 Å². The zero-order chi connectivity index (χ0) is 15.6. The maximum absolute atomic E-state index is 5.39. The molecule has 2 heterocycles. The van der Waals surface area contributed by atoms with Gasteiger partial charge in [-0.05, 0) is 36.5 Å². The molecule has 23 heavy (non-hydrogen) atoms. The van der Waals surface area contributed by atoms with Gasteiger partial charge >= 0.3 is 0 Å². The summed E-state index contributed by atoms with van der Waals surface area (Å²) in [4.78, 5) is 4.40. The van der Waals surface area contributed by atoms with Gasteiger partial charge in [-0.2, -0.15) is 0 Å². The van der Waals surface area contributed by atoms with Crippen molar-refractivity contribution in [1.29, 1.82) is 0 Å². The molecule has 0 amide bonds. The highest BCUT2D eigenvalue weighted by atomic mass is 32.1. The van der Waals surface area contributed by atoms with E-state index in [4.69, 9.17) is 21.7 Å². The van der Waals surface area contributed by atoms with Gasteiger partial charge in [-0.1, -0.05) is 18.2 Å². The summed E-state index contributed by atoms with van der Waals surface area (Å²) in [6.45, 7) is 0.253. The van der Waals surface area contributed by atoms with E-state index in [9.17, 15) is 0 Å². The molecule has 0 bridgehead atoms. The van der Waals surface area contributed by atoms with Crippen molar-refractivity contribution in [2.75, 3.05) is 17.4 Å². The molecular weight excluding hydrogens is 310 g/mol. The predicted molar refractivity (Wildman–Crippen MR) is 94.2 cm³/mol. The molecule has 0 radical (unpaired) electrons. The van der Waals surface area contributed by atoms with Gasteiger partial charge in [0.1, 0.15) is 0 Å². The Bertz CT molecular complexity index is 893. The highest BCUT2D eigenvalue weighted by Crippen LogP contribution is 2.34. The van der Waals surface area contributed by atoms with E-state index >= 15 is 0 Å². The van der Waals surface area contributed by atoms with Crippen LogP contribution in [0.2, 0.25) is 0 Å². The minimum absolute atomic E-state index is 0.253. The highest BCUT2D eigenvalue weighted by molar-refractivity contribution is 7.80. The van der Waals surface area contributed by atoms with E-state index in [1.165, 1.54) is 0 Å². The third kappa shape index (κ3) is 2.76. The van der Waals surface area contributed by atoms with Crippen molar-refractivity contribution in [3.8, 4) is 11.5 Å². The number of para-hydroxylation sites is 1. The number of nitrogens with one attached hydrogen (secondary N) is 2. The lowest BCUT2D eigenvalue weighted by atomic mass is 10.2. The van der Waals surface area contributed by atoms with Crippen LogP contribution < -0.4 is 20.1 Å². The molecule has 4 rings (SSSR count). The molecule has 0 saturated heterocycles. The van der Waals surface area contributed by atoms with E-state index < -0.39 is 0 Å². The summed E-state index contributed by atoms with van der Waals surface area (Å²) < 4.78 is 10.7. The van der Waals surface area contributed by atoms with Crippen LogP contribution in [0.15, 0.2) is 54.7 Å². The van der Waals surface area contributed by atoms with Crippen LogP contribution >= 0.6 is 12.2 Å². The smallest absolute Gasteiger partial charge is 0.231 e. The van der Waals surface area contributed by atoms with Crippen molar-refractivity contribution in [3.63, 3.8) is 0 Å². The lowest BCUT2D eigenvalue weighted by Gasteiger charge is -2.12. The molecule has 1 aromatic heterocycles. The third-order valence-electron chi connectivity index (χ3n) is 3.51. The molecule has 0 saturated carbocycles. The summed E-state index contributed by atoms with van der Waals surface area (Å²) in [7, 11) is 0. The van der Waals surface area contributed by atoms with Crippen molar-refractivity contribution < 1.29 is 9.47 Å². The first-order valence-corrected chi connectivity index (χ1v) is 7.52. The Morgan fingerprint density at radius 3 is 2.83 bits per heavy atom. The first-order valence-electron chi connectivity index (χ1n) is 7.11. The minimum Gasteiger partial charge on any atom is -0.454 e. The summed E-state index contributed by atoms with van der Waals surface area (Å²) in [5.74, 6) is 1.46. The van der Waals surface area contributed by atoms with E-state index in [0.29, 0.717) is 10.9 Å². The van der Waals surface area contributed by atoms with Gasteiger partial charge in [0.2, 0.25) is 6.79 Å². The zero-order valence-electron chi connectivity index (χ0n) is 12.1. The molecule has 5 nitrogen and oxygen atoms in total. The Labute approximate surface area is 138 Å². The first kappa shape index (κ1) is 13.8. The molecule has 0 fully saturated rings. The Morgan fingerprint density at radius 2 is 1.87 bits per heavy atom. The second kappa shape index (κ2) is 5.73. The Kier molecular flexibility index (Phi) is 3.44. The molecule has 3 aromatic rings. The van der Waals surface area contributed by atoms with E-state index in [1.54, 1.807) is 6.20 Å². The lowest BCUT2D eigenvalue weighted by molar-refractivity contribution is 0.174. The number of ether oxygens (including phenoxy) is 2. The summed E-state index contributed by atoms with van der Waals surface area (Å²) >= 11 is 5.39.